The normalized spacial score (nSPS) is 14.0. The highest BCUT2D eigenvalue weighted by Crippen LogP contribution is 2.32. The summed E-state index contributed by atoms with van der Waals surface area (Å²) in [6.45, 7) is 2.27. The van der Waals surface area contributed by atoms with Crippen LogP contribution in [-0.2, 0) is 16.4 Å². The number of anilines is 1. The number of hydrogen-bond donors (Lipinski definition) is 1. The Bertz CT molecular complexity index is 1430. The third-order valence-electron chi connectivity index (χ3n) is 5.95. The number of fused-ring (bicyclic) bond motifs is 1. The maximum Gasteiger partial charge on any atom is 0.264 e. The van der Waals surface area contributed by atoms with Gasteiger partial charge in [-0.05, 0) is 60.9 Å². The molecule has 0 aliphatic carbocycles. The van der Waals surface area contributed by atoms with Crippen LogP contribution in [0, 0.1) is 0 Å². The van der Waals surface area contributed by atoms with E-state index in [0.717, 1.165) is 16.8 Å². The smallest absolute Gasteiger partial charge is 0.264 e. The van der Waals surface area contributed by atoms with Gasteiger partial charge in [-0.2, -0.15) is 5.10 Å². The molecule has 34 heavy (non-hydrogen) atoms. The first-order chi connectivity index (χ1) is 16.4. The van der Waals surface area contributed by atoms with Gasteiger partial charge in [0.2, 0.25) is 0 Å². The summed E-state index contributed by atoms with van der Waals surface area (Å²) in [5.74, 6) is -0.341. The van der Waals surface area contributed by atoms with E-state index in [4.69, 9.17) is 0 Å². The Hall–Kier alpha value is -3.98. The van der Waals surface area contributed by atoms with E-state index >= 15 is 0 Å². The maximum absolute atomic E-state index is 13.3. The Kier molecular flexibility index (Phi) is 5.62. The fourth-order valence-corrected chi connectivity index (χ4v) is 5.65. The summed E-state index contributed by atoms with van der Waals surface area (Å²) in [6.07, 6.45) is 3.75. The van der Waals surface area contributed by atoms with Gasteiger partial charge >= 0.3 is 0 Å². The summed E-state index contributed by atoms with van der Waals surface area (Å²) in [4.78, 5) is 17.0. The predicted molar refractivity (Wildman–Crippen MR) is 128 cm³/mol. The van der Waals surface area contributed by atoms with Gasteiger partial charge in [-0.3, -0.25) is 9.10 Å². The van der Waals surface area contributed by atoms with Gasteiger partial charge in [-0.1, -0.05) is 36.4 Å². The number of para-hydroxylation sites is 1. The van der Waals surface area contributed by atoms with Crippen LogP contribution in [0.15, 0.2) is 90.3 Å². The molecule has 0 saturated heterocycles. The number of benzene rings is 3. The van der Waals surface area contributed by atoms with E-state index in [1.165, 1.54) is 22.8 Å². The zero-order valence-corrected chi connectivity index (χ0v) is 19.3. The Morgan fingerprint density at radius 2 is 1.82 bits per heavy atom. The van der Waals surface area contributed by atoms with Crippen LogP contribution in [-0.4, -0.2) is 35.6 Å². The lowest BCUT2D eigenvalue weighted by atomic mass is 10.1. The fraction of sp³-hybridized carbons (Fsp3) is 0.160. The van der Waals surface area contributed by atoms with Crippen LogP contribution in [0.5, 0.6) is 0 Å². The molecule has 2 heterocycles. The van der Waals surface area contributed by atoms with Crippen LogP contribution in [0.3, 0.4) is 0 Å². The van der Waals surface area contributed by atoms with Crippen molar-refractivity contribution >= 4 is 21.6 Å². The van der Waals surface area contributed by atoms with Crippen molar-refractivity contribution in [3.63, 3.8) is 0 Å². The van der Waals surface area contributed by atoms with Crippen LogP contribution in [0.1, 0.15) is 34.5 Å². The van der Waals surface area contributed by atoms with E-state index in [-0.39, 0.29) is 16.8 Å². The number of amides is 1. The standard InChI is InChI=1S/C25H23N5O3S/c1-18(19-9-11-22(12-10-19)29-17-26-16-27-29)28-25(31)21-6-4-7-23(15-21)34(32,33)30-14-13-20-5-2-3-8-24(20)30/h2-12,15-18H,13-14H2,1H3,(H,28,31)/t18-/m0/s1. The number of nitrogens with zero attached hydrogens (tertiary/aromatic N) is 4. The molecule has 0 spiro atoms. The molecule has 0 bridgehead atoms. The summed E-state index contributed by atoms with van der Waals surface area (Å²) in [7, 11) is -3.78. The Balaban J connectivity index is 1.33. The van der Waals surface area contributed by atoms with Crippen LogP contribution in [0.2, 0.25) is 0 Å². The number of sulfonamides is 1. The lowest BCUT2D eigenvalue weighted by molar-refractivity contribution is 0.0939. The van der Waals surface area contributed by atoms with E-state index in [1.807, 2.05) is 55.5 Å². The van der Waals surface area contributed by atoms with Crippen molar-refractivity contribution in [3.8, 4) is 5.69 Å². The molecular formula is C25H23N5O3S. The molecule has 9 heteroatoms. The minimum Gasteiger partial charge on any atom is -0.346 e. The minimum atomic E-state index is -3.78. The first kappa shape index (κ1) is 21.8. The summed E-state index contributed by atoms with van der Waals surface area (Å²) in [5, 5.41) is 7.05. The molecule has 0 saturated carbocycles. The monoisotopic (exact) mass is 473 g/mol. The second-order valence-corrected chi connectivity index (χ2v) is 9.97. The van der Waals surface area contributed by atoms with E-state index in [2.05, 4.69) is 15.4 Å². The highest BCUT2D eigenvalue weighted by molar-refractivity contribution is 7.92. The molecule has 1 amide bonds. The number of hydrogen-bond acceptors (Lipinski definition) is 5. The molecule has 8 nitrogen and oxygen atoms in total. The second-order valence-electron chi connectivity index (χ2n) is 8.11. The van der Waals surface area contributed by atoms with Gasteiger partial charge in [-0.15, -0.1) is 0 Å². The molecule has 0 radical (unpaired) electrons. The van der Waals surface area contributed by atoms with E-state index in [1.54, 1.807) is 23.1 Å². The molecule has 0 fully saturated rings. The van der Waals surface area contributed by atoms with Gasteiger partial charge < -0.3 is 5.32 Å². The van der Waals surface area contributed by atoms with Gasteiger partial charge in [0.05, 0.1) is 22.3 Å². The van der Waals surface area contributed by atoms with Gasteiger partial charge in [0.15, 0.2) is 0 Å². The SMILES string of the molecule is C[C@H](NC(=O)c1cccc(S(=O)(=O)N2CCc3ccccc32)c1)c1ccc(-n2cncn2)cc1. The van der Waals surface area contributed by atoms with E-state index in [9.17, 15) is 13.2 Å². The summed E-state index contributed by atoms with van der Waals surface area (Å²) in [6, 6.07) is 21.0. The molecule has 1 N–H and O–H groups in total. The summed E-state index contributed by atoms with van der Waals surface area (Å²) < 4.78 is 29.7. The number of aromatic nitrogens is 3. The molecule has 1 aliphatic rings. The first-order valence-electron chi connectivity index (χ1n) is 10.9. The number of carbonyl (C=O) groups is 1. The van der Waals surface area contributed by atoms with Crippen molar-refractivity contribution in [2.24, 2.45) is 0 Å². The third-order valence-corrected chi connectivity index (χ3v) is 7.76. The summed E-state index contributed by atoms with van der Waals surface area (Å²) in [5.41, 5.74) is 3.76. The van der Waals surface area contributed by atoms with Gasteiger partial charge in [0.25, 0.3) is 15.9 Å². The van der Waals surface area contributed by atoms with Crippen molar-refractivity contribution in [1.82, 2.24) is 20.1 Å². The molecule has 1 aromatic heterocycles. The van der Waals surface area contributed by atoms with Crippen molar-refractivity contribution in [2.45, 2.75) is 24.3 Å². The molecule has 0 unspecified atom stereocenters. The highest BCUT2D eigenvalue weighted by atomic mass is 32.2. The quantitative estimate of drug-likeness (QED) is 0.462. The average molecular weight is 474 g/mol. The Labute approximate surface area is 197 Å². The average Bonchev–Trinajstić information content (AvgIpc) is 3.55. The Morgan fingerprint density at radius 3 is 2.59 bits per heavy atom. The van der Waals surface area contributed by atoms with Crippen LogP contribution in [0.4, 0.5) is 5.69 Å². The zero-order chi connectivity index (χ0) is 23.7. The largest absolute Gasteiger partial charge is 0.346 e. The lowest BCUT2D eigenvalue weighted by Gasteiger charge is -2.20. The number of nitrogens with one attached hydrogen (secondary N) is 1. The molecule has 4 aromatic rings. The molecule has 5 rings (SSSR count). The summed E-state index contributed by atoms with van der Waals surface area (Å²) >= 11 is 0. The fourth-order valence-electron chi connectivity index (χ4n) is 4.10. The maximum atomic E-state index is 13.3. The van der Waals surface area contributed by atoms with Crippen molar-refractivity contribution in [3.05, 3.63) is 102 Å². The molecule has 3 aromatic carbocycles. The van der Waals surface area contributed by atoms with Gasteiger partial charge in [0, 0.05) is 12.1 Å². The van der Waals surface area contributed by atoms with Crippen molar-refractivity contribution in [1.29, 1.82) is 0 Å². The number of carbonyl (C=O) groups excluding carboxylic acids is 1. The minimum absolute atomic E-state index is 0.0988. The molecule has 1 atom stereocenters. The third kappa shape index (κ3) is 4.06. The lowest BCUT2D eigenvalue weighted by Crippen LogP contribution is -2.30. The number of rotatable bonds is 6. The van der Waals surface area contributed by atoms with Crippen LogP contribution >= 0.6 is 0 Å². The van der Waals surface area contributed by atoms with Gasteiger partial charge in [0.1, 0.15) is 12.7 Å². The topological polar surface area (TPSA) is 97.2 Å². The van der Waals surface area contributed by atoms with E-state index in [0.29, 0.717) is 24.2 Å². The first-order valence-corrected chi connectivity index (χ1v) is 12.3. The second kappa shape index (κ2) is 8.75. The highest BCUT2D eigenvalue weighted by Gasteiger charge is 2.31. The molecular weight excluding hydrogens is 450 g/mol. The van der Waals surface area contributed by atoms with Crippen molar-refractivity contribution < 1.29 is 13.2 Å². The van der Waals surface area contributed by atoms with Crippen LogP contribution in [0.25, 0.3) is 5.69 Å². The van der Waals surface area contributed by atoms with E-state index < -0.39 is 10.0 Å². The van der Waals surface area contributed by atoms with Crippen LogP contribution < -0.4 is 9.62 Å². The molecule has 172 valence electrons. The Morgan fingerprint density at radius 1 is 1.03 bits per heavy atom. The van der Waals surface area contributed by atoms with Crippen molar-refractivity contribution in [2.75, 3.05) is 10.8 Å². The predicted octanol–water partition coefficient (Wildman–Crippen LogP) is 3.51. The molecule has 1 aliphatic heterocycles. The zero-order valence-electron chi connectivity index (χ0n) is 18.5. The van der Waals surface area contributed by atoms with Gasteiger partial charge in [-0.25, -0.2) is 18.1 Å².